The van der Waals surface area contributed by atoms with Crippen molar-refractivity contribution in [1.82, 2.24) is 4.90 Å². The third-order valence-electron chi connectivity index (χ3n) is 4.82. The normalized spacial score (nSPS) is 22.8. The second-order valence-electron chi connectivity index (χ2n) is 6.48. The summed E-state index contributed by atoms with van der Waals surface area (Å²) in [4.78, 5) is 14.0. The molecule has 2 aliphatic rings. The standard InChI is InChI=1S/C18H25NO/c1-14(20)11-18-7-2-3-10-19(18)13-15-8-9-16-5-4-6-17(16)12-15/h8-9,12,18H,2-7,10-11,13H2,1H3. The number of aryl methyl sites for hydroxylation is 2. The predicted molar refractivity (Wildman–Crippen MR) is 81.8 cm³/mol. The molecule has 0 radical (unpaired) electrons. The molecule has 1 saturated heterocycles. The van der Waals surface area contributed by atoms with Gasteiger partial charge in [0.25, 0.3) is 0 Å². The van der Waals surface area contributed by atoms with E-state index in [1.807, 2.05) is 0 Å². The van der Waals surface area contributed by atoms with Crippen LogP contribution in [0.5, 0.6) is 0 Å². The summed E-state index contributed by atoms with van der Waals surface area (Å²) in [6.45, 7) is 3.89. The van der Waals surface area contributed by atoms with Crippen molar-refractivity contribution in [1.29, 1.82) is 0 Å². The van der Waals surface area contributed by atoms with E-state index < -0.39 is 0 Å². The van der Waals surface area contributed by atoms with E-state index in [0.717, 1.165) is 19.5 Å². The minimum atomic E-state index is 0.329. The fourth-order valence-electron chi connectivity index (χ4n) is 3.79. The summed E-state index contributed by atoms with van der Waals surface area (Å²) >= 11 is 0. The molecule has 0 saturated carbocycles. The van der Waals surface area contributed by atoms with Crippen molar-refractivity contribution in [3.05, 3.63) is 34.9 Å². The Morgan fingerprint density at radius 3 is 2.90 bits per heavy atom. The van der Waals surface area contributed by atoms with Gasteiger partial charge in [-0.25, -0.2) is 0 Å². The molecule has 1 fully saturated rings. The van der Waals surface area contributed by atoms with Gasteiger partial charge in [-0.05, 0) is 62.3 Å². The molecular formula is C18H25NO. The molecule has 108 valence electrons. The van der Waals surface area contributed by atoms with Gasteiger partial charge in [0.05, 0.1) is 0 Å². The highest BCUT2D eigenvalue weighted by molar-refractivity contribution is 5.76. The van der Waals surface area contributed by atoms with E-state index in [2.05, 4.69) is 23.1 Å². The van der Waals surface area contributed by atoms with Crippen LogP contribution >= 0.6 is 0 Å². The lowest BCUT2D eigenvalue weighted by Gasteiger charge is -2.35. The van der Waals surface area contributed by atoms with Crippen molar-refractivity contribution in [2.75, 3.05) is 6.54 Å². The number of fused-ring (bicyclic) bond motifs is 1. The summed E-state index contributed by atoms with van der Waals surface area (Å²) in [7, 11) is 0. The summed E-state index contributed by atoms with van der Waals surface area (Å²) in [5.74, 6) is 0.329. The molecule has 0 bridgehead atoms. The van der Waals surface area contributed by atoms with E-state index in [1.54, 1.807) is 18.1 Å². The fourth-order valence-corrected chi connectivity index (χ4v) is 3.79. The zero-order valence-electron chi connectivity index (χ0n) is 12.5. The molecule has 0 N–H and O–H groups in total. The van der Waals surface area contributed by atoms with Gasteiger partial charge in [-0.2, -0.15) is 0 Å². The van der Waals surface area contributed by atoms with Crippen LogP contribution in [0.3, 0.4) is 0 Å². The Kier molecular flexibility index (Phi) is 4.21. The first-order valence-corrected chi connectivity index (χ1v) is 8.06. The first-order valence-electron chi connectivity index (χ1n) is 8.06. The molecule has 1 aliphatic heterocycles. The van der Waals surface area contributed by atoms with Gasteiger partial charge < -0.3 is 0 Å². The maximum absolute atomic E-state index is 11.4. The number of likely N-dealkylation sites (tertiary alicyclic amines) is 1. The van der Waals surface area contributed by atoms with Crippen molar-refractivity contribution in [2.24, 2.45) is 0 Å². The fraction of sp³-hybridized carbons (Fsp3) is 0.611. The van der Waals surface area contributed by atoms with Crippen LogP contribution in [0.25, 0.3) is 0 Å². The Morgan fingerprint density at radius 2 is 2.05 bits per heavy atom. The van der Waals surface area contributed by atoms with Gasteiger partial charge in [0.15, 0.2) is 0 Å². The van der Waals surface area contributed by atoms with Gasteiger partial charge >= 0.3 is 0 Å². The summed E-state index contributed by atoms with van der Waals surface area (Å²) in [6, 6.07) is 7.49. The van der Waals surface area contributed by atoms with Gasteiger partial charge in [0.1, 0.15) is 5.78 Å². The van der Waals surface area contributed by atoms with Crippen LogP contribution in [0.4, 0.5) is 0 Å². The molecule has 3 rings (SSSR count). The van der Waals surface area contributed by atoms with Crippen LogP contribution in [0.2, 0.25) is 0 Å². The third-order valence-corrected chi connectivity index (χ3v) is 4.82. The van der Waals surface area contributed by atoms with Crippen molar-refractivity contribution >= 4 is 5.78 Å². The molecule has 0 aromatic heterocycles. The van der Waals surface area contributed by atoms with Crippen LogP contribution in [-0.4, -0.2) is 23.3 Å². The summed E-state index contributed by atoms with van der Waals surface area (Å²) in [5, 5.41) is 0. The summed E-state index contributed by atoms with van der Waals surface area (Å²) < 4.78 is 0. The highest BCUT2D eigenvalue weighted by Gasteiger charge is 2.23. The number of hydrogen-bond acceptors (Lipinski definition) is 2. The molecule has 20 heavy (non-hydrogen) atoms. The molecule has 1 heterocycles. The first-order chi connectivity index (χ1) is 9.72. The number of ketones is 1. The highest BCUT2D eigenvalue weighted by Crippen LogP contribution is 2.26. The Morgan fingerprint density at radius 1 is 1.20 bits per heavy atom. The van der Waals surface area contributed by atoms with Gasteiger partial charge in [-0.1, -0.05) is 24.6 Å². The van der Waals surface area contributed by atoms with Crippen LogP contribution < -0.4 is 0 Å². The number of carbonyl (C=O) groups is 1. The average molecular weight is 271 g/mol. The smallest absolute Gasteiger partial charge is 0.131 e. The molecule has 2 nitrogen and oxygen atoms in total. The number of benzene rings is 1. The minimum absolute atomic E-state index is 0.329. The molecule has 1 aromatic rings. The molecule has 0 spiro atoms. The lowest BCUT2D eigenvalue weighted by molar-refractivity contribution is -0.118. The van der Waals surface area contributed by atoms with Crippen molar-refractivity contribution in [2.45, 2.75) is 64.5 Å². The van der Waals surface area contributed by atoms with Crippen LogP contribution in [-0.2, 0) is 24.2 Å². The largest absolute Gasteiger partial charge is 0.300 e. The molecule has 1 atom stereocenters. The second kappa shape index (κ2) is 6.09. The quantitative estimate of drug-likeness (QED) is 0.835. The van der Waals surface area contributed by atoms with Crippen LogP contribution in [0.1, 0.15) is 55.7 Å². The van der Waals surface area contributed by atoms with E-state index in [9.17, 15) is 4.79 Å². The van der Waals surface area contributed by atoms with Crippen LogP contribution in [0.15, 0.2) is 18.2 Å². The van der Waals surface area contributed by atoms with Gasteiger partial charge in [0, 0.05) is 19.0 Å². The highest BCUT2D eigenvalue weighted by atomic mass is 16.1. The molecule has 2 heteroatoms. The summed E-state index contributed by atoms with van der Waals surface area (Å²) in [6.07, 6.45) is 8.29. The number of carbonyl (C=O) groups excluding carboxylic acids is 1. The van der Waals surface area contributed by atoms with Crippen molar-refractivity contribution in [3.8, 4) is 0 Å². The molecule has 1 aromatic carbocycles. The Hall–Kier alpha value is -1.15. The van der Waals surface area contributed by atoms with E-state index in [-0.39, 0.29) is 0 Å². The molecule has 1 unspecified atom stereocenters. The first kappa shape index (κ1) is 13.8. The molecular weight excluding hydrogens is 246 g/mol. The lowest BCUT2D eigenvalue weighted by atomic mass is 9.96. The topological polar surface area (TPSA) is 20.3 Å². The summed E-state index contributed by atoms with van der Waals surface area (Å²) in [5.41, 5.74) is 4.54. The third kappa shape index (κ3) is 3.12. The zero-order valence-corrected chi connectivity index (χ0v) is 12.5. The van der Waals surface area contributed by atoms with Gasteiger partial charge in [0.2, 0.25) is 0 Å². The van der Waals surface area contributed by atoms with Gasteiger partial charge in [-0.3, -0.25) is 9.69 Å². The zero-order chi connectivity index (χ0) is 13.9. The molecule has 1 aliphatic carbocycles. The predicted octanol–water partition coefficient (Wildman–Crippen LogP) is 3.51. The number of hydrogen-bond donors (Lipinski definition) is 0. The SMILES string of the molecule is CC(=O)CC1CCCCN1Cc1ccc2c(c1)CCC2. The van der Waals surface area contributed by atoms with E-state index in [0.29, 0.717) is 11.8 Å². The lowest BCUT2D eigenvalue weighted by Crippen LogP contribution is -2.40. The number of Topliss-reactive ketones (excluding diaryl/α,β-unsaturated/α-hetero) is 1. The van der Waals surface area contributed by atoms with E-state index in [1.165, 1.54) is 44.1 Å². The maximum Gasteiger partial charge on any atom is 0.131 e. The average Bonchev–Trinajstić information content (AvgIpc) is 2.88. The van der Waals surface area contributed by atoms with Crippen molar-refractivity contribution in [3.63, 3.8) is 0 Å². The number of piperidine rings is 1. The Balaban J connectivity index is 1.70. The second-order valence-corrected chi connectivity index (χ2v) is 6.48. The Bertz CT molecular complexity index is 494. The van der Waals surface area contributed by atoms with Crippen molar-refractivity contribution < 1.29 is 4.79 Å². The number of rotatable bonds is 4. The van der Waals surface area contributed by atoms with Gasteiger partial charge in [-0.15, -0.1) is 0 Å². The Labute approximate surface area is 122 Å². The molecule has 0 amide bonds. The number of nitrogens with zero attached hydrogens (tertiary/aromatic N) is 1. The maximum atomic E-state index is 11.4. The monoisotopic (exact) mass is 271 g/mol. The van der Waals surface area contributed by atoms with Crippen LogP contribution in [0, 0.1) is 0 Å². The van der Waals surface area contributed by atoms with E-state index in [4.69, 9.17) is 0 Å². The minimum Gasteiger partial charge on any atom is -0.300 e. The van der Waals surface area contributed by atoms with E-state index >= 15 is 0 Å².